The van der Waals surface area contributed by atoms with Crippen LogP contribution in [0.1, 0.15) is 0 Å². The summed E-state index contributed by atoms with van der Waals surface area (Å²) in [5.74, 6) is 0.953. The number of nitrogens with zero attached hydrogens (tertiary/aromatic N) is 4. The third kappa shape index (κ3) is 1.98. The molecule has 78 valence electrons. The van der Waals surface area contributed by atoms with Crippen LogP contribution in [-0.2, 0) is 7.05 Å². The lowest BCUT2D eigenvalue weighted by atomic mass is 10.2. The summed E-state index contributed by atoms with van der Waals surface area (Å²) in [6, 6.07) is 4.02. The van der Waals surface area contributed by atoms with Crippen LogP contribution in [0.3, 0.4) is 0 Å². The van der Waals surface area contributed by atoms with Crippen molar-refractivity contribution in [2.24, 2.45) is 7.05 Å². The van der Waals surface area contributed by atoms with Gasteiger partial charge in [0, 0.05) is 39.1 Å². The van der Waals surface area contributed by atoms with Gasteiger partial charge in [-0.3, -0.25) is 0 Å². The molecule has 0 fully saturated rings. The molecule has 0 unspecified atom stereocenters. The Kier molecular flexibility index (Phi) is 2.41. The predicted octanol–water partition coefficient (Wildman–Crippen LogP) is 1.55. The number of aryl methyl sites for hydroxylation is 1. The molecule has 0 bridgehead atoms. The molecule has 0 N–H and O–H groups in total. The summed E-state index contributed by atoms with van der Waals surface area (Å²) in [5, 5.41) is 0. The molecule has 0 radical (unpaired) electrons. The lowest BCUT2D eigenvalue weighted by molar-refractivity contribution is 0.913. The fourth-order valence-electron chi connectivity index (χ4n) is 1.36. The molecule has 0 amide bonds. The first-order valence-electron chi connectivity index (χ1n) is 4.78. The van der Waals surface area contributed by atoms with Crippen molar-refractivity contribution in [3.05, 3.63) is 30.9 Å². The zero-order valence-electron chi connectivity index (χ0n) is 9.18. The number of pyridine rings is 1. The predicted molar refractivity (Wildman–Crippen MR) is 60.8 cm³/mol. The van der Waals surface area contributed by atoms with Gasteiger partial charge in [0.25, 0.3) is 0 Å². The van der Waals surface area contributed by atoms with Crippen LogP contribution < -0.4 is 4.90 Å². The van der Waals surface area contributed by atoms with Gasteiger partial charge < -0.3 is 9.47 Å². The summed E-state index contributed by atoms with van der Waals surface area (Å²) in [4.78, 5) is 10.6. The lowest BCUT2D eigenvalue weighted by Crippen LogP contribution is -2.09. The maximum Gasteiger partial charge on any atom is 0.127 e. The summed E-state index contributed by atoms with van der Waals surface area (Å²) >= 11 is 0. The molecule has 0 aliphatic rings. The third-order valence-electron chi connectivity index (χ3n) is 2.21. The number of aromatic nitrogens is 3. The van der Waals surface area contributed by atoms with Crippen molar-refractivity contribution >= 4 is 5.82 Å². The number of hydrogen-bond donors (Lipinski definition) is 0. The molecule has 15 heavy (non-hydrogen) atoms. The highest BCUT2D eigenvalue weighted by Crippen LogP contribution is 2.17. The molecule has 0 aliphatic heterocycles. The van der Waals surface area contributed by atoms with E-state index in [2.05, 4.69) is 9.97 Å². The molecule has 2 aromatic heterocycles. The molecule has 2 rings (SSSR count). The van der Waals surface area contributed by atoms with Gasteiger partial charge in [0.2, 0.25) is 0 Å². The van der Waals surface area contributed by atoms with Gasteiger partial charge in [-0.2, -0.15) is 0 Å². The second-order valence-electron chi connectivity index (χ2n) is 3.72. The topological polar surface area (TPSA) is 34.0 Å². The van der Waals surface area contributed by atoms with E-state index in [-0.39, 0.29) is 0 Å². The van der Waals surface area contributed by atoms with Gasteiger partial charge in [-0.25, -0.2) is 9.97 Å². The van der Waals surface area contributed by atoms with Crippen LogP contribution in [0.4, 0.5) is 5.82 Å². The van der Waals surface area contributed by atoms with Crippen molar-refractivity contribution in [3.63, 3.8) is 0 Å². The quantitative estimate of drug-likeness (QED) is 0.741. The van der Waals surface area contributed by atoms with Crippen molar-refractivity contribution in [2.75, 3.05) is 19.0 Å². The maximum atomic E-state index is 4.34. The Labute approximate surface area is 89.2 Å². The molecule has 4 nitrogen and oxygen atoms in total. The molecule has 0 saturated heterocycles. The summed E-state index contributed by atoms with van der Waals surface area (Å²) in [6.45, 7) is 0. The monoisotopic (exact) mass is 202 g/mol. The zero-order valence-corrected chi connectivity index (χ0v) is 9.18. The minimum absolute atomic E-state index is 0.953. The minimum atomic E-state index is 0.953. The van der Waals surface area contributed by atoms with Gasteiger partial charge in [-0.1, -0.05) is 0 Å². The molecule has 0 spiro atoms. The standard InChI is InChI=1S/C11H14N4/c1-14(2)11-5-4-9(6-12-11)10-7-15(3)8-13-10/h4-8H,1-3H3. The van der Waals surface area contributed by atoms with E-state index in [1.807, 2.05) is 55.1 Å². The second kappa shape index (κ2) is 3.73. The summed E-state index contributed by atoms with van der Waals surface area (Å²) in [6.07, 6.45) is 5.61. The summed E-state index contributed by atoms with van der Waals surface area (Å²) in [5.41, 5.74) is 2.00. The first-order chi connectivity index (χ1) is 7.16. The van der Waals surface area contributed by atoms with Crippen molar-refractivity contribution in [3.8, 4) is 11.3 Å². The normalized spacial score (nSPS) is 10.3. The lowest BCUT2D eigenvalue weighted by Gasteiger charge is -2.10. The van der Waals surface area contributed by atoms with Crippen molar-refractivity contribution in [2.45, 2.75) is 0 Å². The molecule has 2 heterocycles. The number of anilines is 1. The highest BCUT2D eigenvalue weighted by Gasteiger charge is 2.02. The van der Waals surface area contributed by atoms with Gasteiger partial charge in [0.05, 0.1) is 12.0 Å². The Morgan fingerprint density at radius 2 is 2.00 bits per heavy atom. The van der Waals surface area contributed by atoms with Crippen molar-refractivity contribution in [1.82, 2.24) is 14.5 Å². The van der Waals surface area contributed by atoms with Crippen LogP contribution in [0, 0.1) is 0 Å². The molecular weight excluding hydrogens is 188 g/mol. The first-order valence-corrected chi connectivity index (χ1v) is 4.78. The van der Waals surface area contributed by atoms with Crippen LogP contribution >= 0.6 is 0 Å². The van der Waals surface area contributed by atoms with Gasteiger partial charge in [-0.05, 0) is 12.1 Å². The average Bonchev–Trinajstić information content (AvgIpc) is 2.65. The smallest absolute Gasteiger partial charge is 0.127 e. The van der Waals surface area contributed by atoms with E-state index < -0.39 is 0 Å². The molecule has 0 atom stereocenters. The van der Waals surface area contributed by atoms with Crippen molar-refractivity contribution < 1.29 is 0 Å². The largest absolute Gasteiger partial charge is 0.363 e. The van der Waals surface area contributed by atoms with Crippen molar-refractivity contribution in [1.29, 1.82) is 0 Å². The molecule has 0 aliphatic carbocycles. The molecule has 4 heteroatoms. The van der Waals surface area contributed by atoms with Crippen LogP contribution in [0.25, 0.3) is 11.3 Å². The van der Waals surface area contributed by atoms with Crippen LogP contribution in [0.15, 0.2) is 30.9 Å². The average molecular weight is 202 g/mol. The fourth-order valence-corrected chi connectivity index (χ4v) is 1.36. The Morgan fingerprint density at radius 1 is 1.20 bits per heavy atom. The van der Waals surface area contributed by atoms with E-state index in [4.69, 9.17) is 0 Å². The SMILES string of the molecule is CN(C)c1ccc(-c2cn(C)cn2)cn1. The van der Waals surface area contributed by atoms with Crippen LogP contribution in [0.2, 0.25) is 0 Å². The van der Waals surface area contributed by atoms with Gasteiger partial charge in [0.15, 0.2) is 0 Å². The number of hydrogen-bond acceptors (Lipinski definition) is 3. The van der Waals surface area contributed by atoms with E-state index in [1.54, 1.807) is 6.33 Å². The second-order valence-corrected chi connectivity index (χ2v) is 3.72. The van der Waals surface area contributed by atoms with Crippen LogP contribution in [-0.4, -0.2) is 28.6 Å². The first kappa shape index (κ1) is 9.71. The highest BCUT2D eigenvalue weighted by atomic mass is 15.1. The molecule has 0 saturated carbocycles. The molecular formula is C11H14N4. The summed E-state index contributed by atoms with van der Waals surface area (Å²) < 4.78 is 1.93. The van der Waals surface area contributed by atoms with Gasteiger partial charge >= 0.3 is 0 Å². The van der Waals surface area contributed by atoms with E-state index in [0.29, 0.717) is 0 Å². The highest BCUT2D eigenvalue weighted by molar-refractivity contribution is 5.58. The fraction of sp³-hybridized carbons (Fsp3) is 0.273. The summed E-state index contributed by atoms with van der Waals surface area (Å²) in [7, 11) is 5.91. The number of imidazole rings is 1. The minimum Gasteiger partial charge on any atom is -0.363 e. The van der Waals surface area contributed by atoms with E-state index in [9.17, 15) is 0 Å². The zero-order chi connectivity index (χ0) is 10.8. The van der Waals surface area contributed by atoms with E-state index in [0.717, 1.165) is 17.1 Å². The van der Waals surface area contributed by atoms with Crippen LogP contribution in [0.5, 0.6) is 0 Å². The molecule has 2 aromatic rings. The Morgan fingerprint density at radius 3 is 2.47 bits per heavy atom. The Balaban J connectivity index is 2.31. The van der Waals surface area contributed by atoms with Gasteiger partial charge in [0.1, 0.15) is 5.82 Å². The Bertz CT molecular complexity index is 442. The molecule has 0 aromatic carbocycles. The number of rotatable bonds is 2. The maximum absolute atomic E-state index is 4.34. The van der Waals surface area contributed by atoms with E-state index >= 15 is 0 Å². The van der Waals surface area contributed by atoms with Gasteiger partial charge in [-0.15, -0.1) is 0 Å². The van der Waals surface area contributed by atoms with E-state index in [1.165, 1.54) is 0 Å². The Hall–Kier alpha value is -1.84. The third-order valence-corrected chi connectivity index (χ3v) is 2.21.